The first-order valence-electron chi connectivity index (χ1n) is 11.7. The Labute approximate surface area is 186 Å². The topological polar surface area (TPSA) is 63.7 Å². The Morgan fingerprint density at radius 3 is 2.87 bits per heavy atom. The number of rotatable bonds is 12. The zero-order valence-electron chi connectivity index (χ0n) is 19.1. The number of methoxy groups -OCH3 is 1. The summed E-state index contributed by atoms with van der Waals surface area (Å²) in [6, 6.07) is 8.54. The molecule has 0 unspecified atom stereocenters. The van der Waals surface area contributed by atoms with Gasteiger partial charge in [-0.25, -0.2) is 0 Å². The summed E-state index contributed by atoms with van der Waals surface area (Å²) in [6.07, 6.45) is 8.83. The summed E-state index contributed by atoms with van der Waals surface area (Å²) in [7, 11) is 1.68. The van der Waals surface area contributed by atoms with Gasteiger partial charge >= 0.3 is 0 Å². The highest BCUT2D eigenvalue weighted by molar-refractivity contribution is 5.85. The number of nitrogens with zero attached hydrogens (tertiary/aromatic N) is 2. The van der Waals surface area contributed by atoms with Gasteiger partial charge in [-0.3, -0.25) is 9.78 Å². The molecule has 1 fully saturated rings. The van der Waals surface area contributed by atoms with Crippen LogP contribution >= 0.6 is 0 Å². The summed E-state index contributed by atoms with van der Waals surface area (Å²) in [5, 5.41) is 4.11. The van der Waals surface area contributed by atoms with Crippen molar-refractivity contribution in [3.05, 3.63) is 36.0 Å². The van der Waals surface area contributed by atoms with Crippen LogP contribution in [0.25, 0.3) is 10.9 Å². The van der Waals surface area contributed by atoms with Gasteiger partial charge in [0.15, 0.2) is 0 Å². The Kier molecular flexibility index (Phi) is 9.56. The van der Waals surface area contributed by atoms with E-state index in [9.17, 15) is 4.79 Å². The standard InChI is InChI=1S/C25H37N3O3/c1-3-4-7-20-18-21-8-5-12-27-25(21)23(19-20)31-22-9-14-28(15-10-22)16-11-24(29)26-13-6-17-30-2/h5,8,12,18-19,22H,3-4,6-7,9-11,13-17H2,1-2H3,(H,26,29). The van der Waals surface area contributed by atoms with Crippen LogP contribution in [0.2, 0.25) is 0 Å². The van der Waals surface area contributed by atoms with Gasteiger partial charge in [-0.2, -0.15) is 0 Å². The molecule has 0 atom stereocenters. The first-order chi connectivity index (χ1) is 15.2. The van der Waals surface area contributed by atoms with Crippen LogP contribution in [0.4, 0.5) is 0 Å². The molecule has 1 aliphatic rings. The van der Waals surface area contributed by atoms with E-state index in [0.29, 0.717) is 19.6 Å². The van der Waals surface area contributed by atoms with E-state index < -0.39 is 0 Å². The minimum absolute atomic E-state index is 0.121. The fourth-order valence-corrected chi connectivity index (χ4v) is 4.06. The summed E-state index contributed by atoms with van der Waals surface area (Å²) in [5.41, 5.74) is 2.28. The van der Waals surface area contributed by atoms with Gasteiger partial charge in [0.05, 0.1) is 0 Å². The third-order valence-electron chi connectivity index (χ3n) is 5.88. The molecule has 1 aliphatic heterocycles. The van der Waals surface area contributed by atoms with Crippen molar-refractivity contribution < 1.29 is 14.3 Å². The van der Waals surface area contributed by atoms with Crippen LogP contribution in [0.15, 0.2) is 30.5 Å². The predicted octanol–water partition coefficient (Wildman–Crippen LogP) is 3.96. The quantitative estimate of drug-likeness (QED) is 0.520. The fourth-order valence-electron chi connectivity index (χ4n) is 4.06. The molecule has 0 aliphatic carbocycles. The summed E-state index contributed by atoms with van der Waals surface area (Å²) in [4.78, 5) is 18.9. The number of fused-ring (bicyclic) bond motifs is 1. The molecule has 0 spiro atoms. The average molecular weight is 428 g/mol. The molecule has 2 aromatic rings. The number of pyridine rings is 1. The van der Waals surface area contributed by atoms with Gasteiger partial charge in [0, 0.05) is 57.9 Å². The van der Waals surface area contributed by atoms with E-state index in [1.54, 1.807) is 7.11 Å². The number of nitrogens with one attached hydrogen (secondary N) is 1. The lowest BCUT2D eigenvalue weighted by Gasteiger charge is -2.32. The maximum absolute atomic E-state index is 12.0. The Balaban J connectivity index is 1.48. The number of carbonyl (C=O) groups is 1. The van der Waals surface area contributed by atoms with E-state index in [0.717, 1.165) is 62.0 Å². The van der Waals surface area contributed by atoms with Gasteiger partial charge in [0.1, 0.15) is 17.4 Å². The largest absolute Gasteiger partial charge is 0.488 e. The number of hydrogen-bond donors (Lipinski definition) is 1. The third kappa shape index (κ3) is 7.47. The average Bonchev–Trinajstić information content (AvgIpc) is 2.80. The minimum Gasteiger partial charge on any atom is -0.488 e. The lowest BCUT2D eigenvalue weighted by atomic mass is 10.0. The number of likely N-dealkylation sites (tertiary alicyclic amines) is 1. The van der Waals surface area contributed by atoms with Crippen molar-refractivity contribution in [2.45, 2.75) is 58.0 Å². The second-order valence-corrected chi connectivity index (χ2v) is 8.38. The SMILES string of the molecule is CCCCc1cc(OC2CCN(CCC(=O)NCCCOC)CC2)c2ncccc2c1. The monoisotopic (exact) mass is 427 g/mol. The van der Waals surface area contributed by atoms with Crippen molar-refractivity contribution in [3.63, 3.8) is 0 Å². The fraction of sp³-hybridized carbons (Fsp3) is 0.600. The molecular formula is C25H37N3O3. The third-order valence-corrected chi connectivity index (χ3v) is 5.88. The molecule has 0 radical (unpaired) electrons. The van der Waals surface area contributed by atoms with Crippen molar-refractivity contribution in [3.8, 4) is 5.75 Å². The maximum atomic E-state index is 12.0. The minimum atomic E-state index is 0.121. The number of unbranched alkanes of at least 4 members (excludes halogenated alkanes) is 1. The van der Waals surface area contributed by atoms with Gasteiger partial charge in [-0.05, 0) is 55.9 Å². The van der Waals surface area contributed by atoms with Crippen LogP contribution in [0.1, 0.15) is 51.0 Å². The maximum Gasteiger partial charge on any atom is 0.221 e. The van der Waals surface area contributed by atoms with Crippen LogP contribution in [-0.2, 0) is 16.0 Å². The molecule has 1 aromatic heterocycles. The molecule has 1 N–H and O–H groups in total. The van der Waals surface area contributed by atoms with Crippen LogP contribution in [0.5, 0.6) is 5.75 Å². The second kappa shape index (κ2) is 12.6. The van der Waals surface area contributed by atoms with Crippen LogP contribution in [0, 0.1) is 0 Å². The van der Waals surface area contributed by atoms with E-state index in [2.05, 4.69) is 40.3 Å². The molecule has 31 heavy (non-hydrogen) atoms. The van der Waals surface area contributed by atoms with Crippen LogP contribution in [-0.4, -0.2) is 61.8 Å². The number of hydrogen-bond acceptors (Lipinski definition) is 5. The summed E-state index contributed by atoms with van der Waals surface area (Å²) >= 11 is 0. The van der Waals surface area contributed by atoms with Crippen LogP contribution < -0.4 is 10.1 Å². The second-order valence-electron chi connectivity index (χ2n) is 8.38. The molecule has 3 rings (SSSR count). The van der Waals surface area contributed by atoms with Crippen molar-refractivity contribution in [2.75, 3.05) is 39.9 Å². The molecule has 1 amide bonds. The van der Waals surface area contributed by atoms with Crippen LogP contribution in [0.3, 0.4) is 0 Å². The Bertz CT molecular complexity index is 819. The zero-order valence-corrected chi connectivity index (χ0v) is 19.1. The van der Waals surface area contributed by atoms with Gasteiger partial charge in [0.25, 0.3) is 0 Å². The number of aromatic nitrogens is 1. The number of amides is 1. The molecular weight excluding hydrogens is 390 g/mol. The van der Waals surface area contributed by atoms with E-state index in [1.807, 2.05) is 12.3 Å². The van der Waals surface area contributed by atoms with Crippen molar-refractivity contribution in [1.82, 2.24) is 15.2 Å². The number of carbonyl (C=O) groups excluding carboxylic acids is 1. The molecule has 2 heterocycles. The highest BCUT2D eigenvalue weighted by atomic mass is 16.5. The van der Waals surface area contributed by atoms with E-state index in [-0.39, 0.29) is 12.0 Å². The number of piperidine rings is 1. The Morgan fingerprint density at radius 1 is 1.26 bits per heavy atom. The lowest BCUT2D eigenvalue weighted by Crippen LogP contribution is -2.40. The molecule has 1 saturated heterocycles. The van der Waals surface area contributed by atoms with Crippen molar-refractivity contribution in [2.24, 2.45) is 0 Å². The molecule has 170 valence electrons. The molecule has 0 saturated carbocycles. The molecule has 1 aromatic carbocycles. The number of ether oxygens (including phenoxy) is 2. The molecule has 6 heteroatoms. The van der Waals surface area contributed by atoms with Gasteiger partial charge in [-0.1, -0.05) is 19.4 Å². The normalized spacial score (nSPS) is 15.3. The summed E-state index contributed by atoms with van der Waals surface area (Å²) in [5.74, 6) is 1.04. The van der Waals surface area contributed by atoms with Crippen molar-refractivity contribution >= 4 is 16.8 Å². The first kappa shape index (κ1) is 23.5. The first-order valence-corrected chi connectivity index (χ1v) is 11.7. The number of aryl methyl sites for hydroxylation is 1. The molecule has 0 bridgehead atoms. The van der Waals surface area contributed by atoms with Gasteiger partial charge < -0.3 is 19.7 Å². The predicted molar refractivity (Wildman–Crippen MR) is 125 cm³/mol. The van der Waals surface area contributed by atoms with Gasteiger partial charge in [0.2, 0.25) is 5.91 Å². The number of benzene rings is 1. The highest BCUT2D eigenvalue weighted by Gasteiger charge is 2.22. The smallest absolute Gasteiger partial charge is 0.221 e. The zero-order chi connectivity index (χ0) is 21.9. The van der Waals surface area contributed by atoms with E-state index >= 15 is 0 Å². The molecule has 6 nitrogen and oxygen atoms in total. The van der Waals surface area contributed by atoms with Crippen molar-refractivity contribution in [1.29, 1.82) is 0 Å². The lowest BCUT2D eigenvalue weighted by molar-refractivity contribution is -0.121. The van der Waals surface area contributed by atoms with E-state index in [1.165, 1.54) is 18.4 Å². The Hall–Kier alpha value is -2.18. The van der Waals surface area contributed by atoms with Gasteiger partial charge in [-0.15, -0.1) is 0 Å². The highest BCUT2D eigenvalue weighted by Crippen LogP contribution is 2.29. The Morgan fingerprint density at radius 2 is 2.10 bits per heavy atom. The summed E-state index contributed by atoms with van der Waals surface area (Å²) in [6.45, 7) is 6.31. The summed E-state index contributed by atoms with van der Waals surface area (Å²) < 4.78 is 11.5. The van der Waals surface area contributed by atoms with E-state index in [4.69, 9.17) is 9.47 Å².